The summed E-state index contributed by atoms with van der Waals surface area (Å²) in [5, 5.41) is 2.91. The highest BCUT2D eigenvalue weighted by atomic mass is 16.4. The van der Waals surface area contributed by atoms with E-state index < -0.39 is 0 Å². The second kappa shape index (κ2) is 5.15. The summed E-state index contributed by atoms with van der Waals surface area (Å²) in [7, 11) is 0. The summed E-state index contributed by atoms with van der Waals surface area (Å²) in [5.41, 5.74) is 2.65. The first-order valence-corrected chi connectivity index (χ1v) is 7.03. The third-order valence-electron chi connectivity index (χ3n) is 3.95. The zero-order chi connectivity index (χ0) is 14.1. The minimum Gasteiger partial charge on any atom is -0.444 e. The number of rotatable bonds is 4. The standard InChI is InChI=1S/C15H19N3O2/c1-9-13(20-10(2)18-9)8-17-15(19)12-6-7-16-14(12)11-4-3-5-11/h6-7,11,16H,3-5,8H2,1-2H3,(H,17,19). The topological polar surface area (TPSA) is 70.9 Å². The first-order chi connectivity index (χ1) is 9.65. The van der Waals surface area contributed by atoms with Crippen molar-refractivity contribution in [3.63, 3.8) is 0 Å². The van der Waals surface area contributed by atoms with Crippen molar-refractivity contribution in [2.75, 3.05) is 0 Å². The Hall–Kier alpha value is -2.04. The molecule has 2 N–H and O–H groups in total. The van der Waals surface area contributed by atoms with Crippen molar-refractivity contribution in [3.05, 3.63) is 40.9 Å². The average Bonchev–Trinajstić information content (AvgIpc) is 2.91. The van der Waals surface area contributed by atoms with Crippen molar-refractivity contribution in [1.29, 1.82) is 0 Å². The average molecular weight is 273 g/mol. The van der Waals surface area contributed by atoms with Gasteiger partial charge in [0, 0.05) is 18.8 Å². The van der Waals surface area contributed by atoms with Crippen LogP contribution in [0.4, 0.5) is 0 Å². The maximum absolute atomic E-state index is 12.3. The van der Waals surface area contributed by atoms with Crippen molar-refractivity contribution in [3.8, 4) is 0 Å². The smallest absolute Gasteiger partial charge is 0.253 e. The van der Waals surface area contributed by atoms with E-state index in [2.05, 4.69) is 15.3 Å². The zero-order valence-corrected chi connectivity index (χ0v) is 11.8. The van der Waals surface area contributed by atoms with Gasteiger partial charge in [0.1, 0.15) is 5.76 Å². The quantitative estimate of drug-likeness (QED) is 0.899. The Morgan fingerprint density at radius 1 is 1.50 bits per heavy atom. The molecule has 5 nitrogen and oxygen atoms in total. The number of aromatic nitrogens is 2. The number of nitrogens with one attached hydrogen (secondary N) is 2. The lowest BCUT2D eigenvalue weighted by atomic mass is 9.81. The lowest BCUT2D eigenvalue weighted by molar-refractivity contribution is 0.0946. The second-order valence-corrected chi connectivity index (χ2v) is 5.36. The molecule has 0 saturated heterocycles. The van der Waals surface area contributed by atoms with Crippen LogP contribution in [0.3, 0.4) is 0 Å². The first kappa shape index (κ1) is 13.0. The van der Waals surface area contributed by atoms with Gasteiger partial charge in [-0.3, -0.25) is 4.79 Å². The van der Waals surface area contributed by atoms with Crippen LogP contribution in [-0.2, 0) is 6.54 Å². The molecule has 2 aromatic rings. The van der Waals surface area contributed by atoms with Gasteiger partial charge < -0.3 is 14.7 Å². The molecular formula is C15H19N3O2. The molecule has 1 aliphatic rings. The van der Waals surface area contributed by atoms with Crippen LogP contribution in [0.2, 0.25) is 0 Å². The Bertz CT molecular complexity index is 623. The molecule has 1 amide bonds. The van der Waals surface area contributed by atoms with E-state index >= 15 is 0 Å². The van der Waals surface area contributed by atoms with Crippen LogP contribution >= 0.6 is 0 Å². The molecule has 20 heavy (non-hydrogen) atoms. The fourth-order valence-corrected chi connectivity index (χ4v) is 2.61. The first-order valence-electron chi connectivity index (χ1n) is 7.03. The van der Waals surface area contributed by atoms with Crippen LogP contribution < -0.4 is 5.32 Å². The molecule has 0 unspecified atom stereocenters. The number of carbonyl (C=O) groups is 1. The molecule has 1 aliphatic carbocycles. The van der Waals surface area contributed by atoms with Gasteiger partial charge in [0.2, 0.25) is 0 Å². The third kappa shape index (κ3) is 2.35. The lowest BCUT2D eigenvalue weighted by Crippen LogP contribution is -2.25. The Morgan fingerprint density at radius 3 is 2.90 bits per heavy atom. The van der Waals surface area contributed by atoms with Crippen molar-refractivity contribution in [2.24, 2.45) is 0 Å². The van der Waals surface area contributed by atoms with Crippen LogP contribution in [-0.4, -0.2) is 15.9 Å². The fourth-order valence-electron chi connectivity index (χ4n) is 2.61. The van der Waals surface area contributed by atoms with E-state index in [0.29, 0.717) is 18.4 Å². The van der Waals surface area contributed by atoms with E-state index in [1.807, 2.05) is 19.2 Å². The predicted molar refractivity (Wildman–Crippen MR) is 74.5 cm³/mol. The maximum Gasteiger partial charge on any atom is 0.253 e. The molecule has 0 bridgehead atoms. The molecule has 106 valence electrons. The summed E-state index contributed by atoms with van der Waals surface area (Å²) < 4.78 is 5.46. The van der Waals surface area contributed by atoms with Gasteiger partial charge in [-0.15, -0.1) is 0 Å². The Labute approximate surface area is 117 Å². The van der Waals surface area contributed by atoms with Crippen LogP contribution in [0.1, 0.15) is 58.6 Å². The molecule has 3 rings (SSSR count). The molecule has 2 heterocycles. The number of nitrogens with zero attached hydrogens (tertiary/aromatic N) is 1. The van der Waals surface area contributed by atoms with Crippen molar-refractivity contribution >= 4 is 5.91 Å². The highest BCUT2D eigenvalue weighted by Gasteiger charge is 2.25. The molecule has 1 saturated carbocycles. The fraction of sp³-hybridized carbons (Fsp3) is 0.467. The van der Waals surface area contributed by atoms with Crippen LogP contribution in [0.15, 0.2) is 16.7 Å². The highest BCUT2D eigenvalue weighted by Crippen LogP contribution is 2.37. The van der Waals surface area contributed by atoms with E-state index in [9.17, 15) is 4.79 Å². The number of aromatic amines is 1. The molecule has 0 atom stereocenters. The van der Waals surface area contributed by atoms with E-state index in [-0.39, 0.29) is 5.91 Å². The van der Waals surface area contributed by atoms with Gasteiger partial charge in [0.05, 0.1) is 17.8 Å². The van der Waals surface area contributed by atoms with E-state index in [4.69, 9.17) is 4.42 Å². The normalized spacial score (nSPS) is 15.1. The minimum absolute atomic E-state index is 0.0541. The van der Waals surface area contributed by atoms with Crippen LogP contribution in [0.25, 0.3) is 0 Å². The third-order valence-corrected chi connectivity index (χ3v) is 3.95. The molecular weight excluding hydrogens is 254 g/mol. The molecule has 0 radical (unpaired) electrons. The SMILES string of the molecule is Cc1nc(C)c(CNC(=O)c2cc[nH]c2C2CCC2)o1. The molecule has 2 aromatic heterocycles. The minimum atomic E-state index is -0.0541. The van der Waals surface area contributed by atoms with E-state index in [1.54, 1.807) is 6.92 Å². The van der Waals surface area contributed by atoms with Crippen molar-refractivity contribution in [1.82, 2.24) is 15.3 Å². The predicted octanol–water partition coefficient (Wildman–Crippen LogP) is 2.82. The maximum atomic E-state index is 12.3. The number of hydrogen-bond acceptors (Lipinski definition) is 3. The number of carbonyl (C=O) groups excluding carboxylic acids is 1. The number of amides is 1. The monoisotopic (exact) mass is 273 g/mol. The Morgan fingerprint density at radius 2 is 2.30 bits per heavy atom. The van der Waals surface area contributed by atoms with Gasteiger partial charge >= 0.3 is 0 Å². The van der Waals surface area contributed by atoms with Gasteiger partial charge in [-0.05, 0) is 31.7 Å². The second-order valence-electron chi connectivity index (χ2n) is 5.36. The van der Waals surface area contributed by atoms with Crippen molar-refractivity contribution < 1.29 is 9.21 Å². The summed E-state index contributed by atoms with van der Waals surface area (Å²) in [5.74, 6) is 1.81. The summed E-state index contributed by atoms with van der Waals surface area (Å²) in [4.78, 5) is 19.7. The number of aryl methyl sites for hydroxylation is 2. The molecule has 0 aliphatic heterocycles. The van der Waals surface area contributed by atoms with Gasteiger partial charge in [-0.25, -0.2) is 4.98 Å². The number of H-pyrrole nitrogens is 1. The van der Waals surface area contributed by atoms with E-state index in [0.717, 1.165) is 22.7 Å². The summed E-state index contributed by atoms with van der Waals surface area (Å²) in [6, 6.07) is 1.85. The van der Waals surface area contributed by atoms with Crippen LogP contribution in [0, 0.1) is 13.8 Å². The summed E-state index contributed by atoms with van der Waals surface area (Å²) in [6.45, 7) is 4.06. The van der Waals surface area contributed by atoms with Crippen LogP contribution in [0.5, 0.6) is 0 Å². The largest absolute Gasteiger partial charge is 0.444 e. The molecule has 0 aromatic carbocycles. The molecule has 0 spiro atoms. The number of oxazole rings is 1. The molecule has 1 fully saturated rings. The summed E-state index contributed by atoms with van der Waals surface area (Å²) in [6.07, 6.45) is 5.43. The highest BCUT2D eigenvalue weighted by molar-refractivity contribution is 5.95. The number of hydrogen-bond donors (Lipinski definition) is 2. The van der Waals surface area contributed by atoms with Gasteiger partial charge in [-0.1, -0.05) is 6.42 Å². The Kier molecular flexibility index (Phi) is 3.34. The Balaban J connectivity index is 1.67. The van der Waals surface area contributed by atoms with Gasteiger partial charge in [0.15, 0.2) is 5.89 Å². The van der Waals surface area contributed by atoms with Gasteiger partial charge in [0.25, 0.3) is 5.91 Å². The zero-order valence-electron chi connectivity index (χ0n) is 11.8. The van der Waals surface area contributed by atoms with E-state index in [1.165, 1.54) is 19.3 Å². The lowest BCUT2D eigenvalue weighted by Gasteiger charge is -2.25. The van der Waals surface area contributed by atoms with Crippen molar-refractivity contribution in [2.45, 2.75) is 45.6 Å². The van der Waals surface area contributed by atoms with Gasteiger partial charge in [-0.2, -0.15) is 0 Å². The molecule has 5 heteroatoms. The summed E-state index contributed by atoms with van der Waals surface area (Å²) >= 11 is 0.